The Balaban J connectivity index is 1.74. The maximum Gasteiger partial charge on any atom is 0.347 e. The summed E-state index contributed by atoms with van der Waals surface area (Å²) in [6.07, 6.45) is 1.51. The highest BCUT2D eigenvalue weighted by atomic mass is 16.5. The van der Waals surface area contributed by atoms with Gasteiger partial charge in [-0.25, -0.2) is 9.78 Å². The molecule has 0 atom stereocenters. The van der Waals surface area contributed by atoms with E-state index in [1.807, 2.05) is 24.3 Å². The van der Waals surface area contributed by atoms with Crippen LogP contribution in [0.4, 0.5) is 0 Å². The van der Waals surface area contributed by atoms with Crippen LogP contribution in [0, 0.1) is 0 Å². The SMILES string of the molecule is CCOC(=O)c1c(O)c2cc(-c3cccc(CN4CCOCC4)c3)cnc2n(O)c1=O. The van der Waals surface area contributed by atoms with Crippen molar-refractivity contribution in [1.29, 1.82) is 0 Å². The van der Waals surface area contributed by atoms with E-state index < -0.39 is 22.8 Å². The van der Waals surface area contributed by atoms with Crippen molar-refractivity contribution in [3.05, 3.63) is 58.0 Å². The number of morpholine rings is 1. The molecule has 2 aromatic heterocycles. The van der Waals surface area contributed by atoms with Crippen molar-refractivity contribution in [2.45, 2.75) is 13.5 Å². The largest absolute Gasteiger partial charge is 0.506 e. The van der Waals surface area contributed by atoms with Crippen LogP contribution in [-0.4, -0.2) is 63.8 Å². The van der Waals surface area contributed by atoms with E-state index in [2.05, 4.69) is 9.88 Å². The highest BCUT2D eigenvalue weighted by molar-refractivity contribution is 5.99. The average Bonchev–Trinajstić information content (AvgIpc) is 2.78. The lowest BCUT2D eigenvalue weighted by Gasteiger charge is -2.26. The number of nitrogens with zero attached hydrogens (tertiary/aromatic N) is 3. The summed E-state index contributed by atoms with van der Waals surface area (Å²) >= 11 is 0. The van der Waals surface area contributed by atoms with Gasteiger partial charge in [-0.15, -0.1) is 4.73 Å². The van der Waals surface area contributed by atoms with Crippen molar-refractivity contribution in [3.8, 4) is 16.9 Å². The summed E-state index contributed by atoms with van der Waals surface area (Å²) in [5.41, 5.74) is 0.771. The molecule has 1 aliphatic heterocycles. The van der Waals surface area contributed by atoms with Gasteiger partial charge in [-0.3, -0.25) is 9.69 Å². The van der Waals surface area contributed by atoms with Crippen LogP contribution in [0.1, 0.15) is 22.8 Å². The second kappa shape index (κ2) is 8.75. The number of carbonyl (C=O) groups is 1. The summed E-state index contributed by atoms with van der Waals surface area (Å²) in [4.78, 5) is 30.9. The van der Waals surface area contributed by atoms with E-state index in [0.29, 0.717) is 5.56 Å². The smallest absolute Gasteiger partial charge is 0.347 e. The highest BCUT2D eigenvalue weighted by Gasteiger charge is 2.24. The maximum absolute atomic E-state index is 12.3. The Labute approximate surface area is 178 Å². The van der Waals surface area contributed by atoms with Crippen molar-refractivity contribution in [2.75, 3.05) is 32.9 Å². The zero-order valence-electron chi connectivity index (χ0n) is 17.1. The van der Waals surface area contributed by atoms with Crippen LogP contribution in [0.3, 0.4) is 0 Å². The quantitative estimate of drug-likeness (QED) is 0.471. The van der Waals surface area contributed by atoms with Crippen LogP contribution >= 0.6 is 0 Å². The summed E-state index contributed by atoms with van der Waals surface area (Å²) in [5.74, 6) is -1.57. The van der Waals surface area contributed by atoms with E-state index in [0.717, 1.165) is 44.0 Å². The molecule has 0 saturated carbocycles. The van der Waals surface area contributed by atoms with Crippen molar-refractivity contribution in [3.63, 3.8) is 0 Å². The Kier molecular flexibility index (Phi) is 5.88. The van der Waals surface area contributed by atoms with Crippen molar-refractivity contribution in [1.82, 2.24) is 14.6 Å². The lowest BCUT2D eigenvalue weighted by molar-refractivity contribution is 0.0342. The molecular weight excluding hydrogens is 402 g/mol. The molecule has 0 unspecified atom stereocenters. The first-order valence-corrected chi connectivity index (χ1v) is 10.0. The van der Waals surface area contributed by atoms with Gasteiger partial charge in [0.15, 0.2) is 11.2 Å². The standard InChI is InChI=1S/C22H23N3O6/c1-2-31-22(28)18-19(26)17-11-16(12-23-20(17)25(29)21(18)27)15-5-3-4-14(10-15)13-24-6-8-30-9-7-24/h3-5,10-12,26,29H,2,6-9,13H2,1H3. The average molecular weight is 425 g/mol. The van der Waals surface area contributed by atoms with E-state index in [-0.39, 0.29) is 22.4 Å². The minimum Gasteiger partial charge on any atom is -0.506 e. The van der Waals surface area contributed by atoms with Crippen LogP contribution in [0.15, 0.2) is 41.3 Å². The predicted molar refractivity (Wildman–Crippen MR) is 112 cm³/mol. The minimum absolute atomic E-state index is 0.0232. The van der Waals surface area contributed by atoms with Gasteiger partial charge in [-0.1, -0.05) is 18.2 Å². The van der Waals surface area contributed by atoms with E-state index in [9.17, 15) is 19.9 Å². The van der Waals surface area contributed by atoms with Gasteiger partial charge >= 0.3 is 11.5 Å². The number of fused-ring (bicyclic) bond motifs is 1. The second-order valence-corrected chi connectivity index (χ2v) is 7.25. The molecule has 1 fully saturated rings. The van der Waals surface area contributed by atoms with Gasteiger partial charge in [0, 0.05) is 31.4 Å². The third kappa shape index (κ3) is 4.10. The topological polar surface area (TPSA) is 114 Å². The lowest BCUT2D eigenvalue weighted by Crippen LogP contribution is -2.35. The second-order valence-electron chi connectivity index (χ2n) is 7.25. The summed E-state index contributed by atoms with van der Waals surface area (Å²) < 4.78 is 10.5. The fourth-order valence-electron chi connectivity index (χ4n) is 3.65. The fraction of sp³-hybridized carbons (Fsp3) is 0.318. The van der Waals surface area contributed by atoms with Crippen LogP contribution in [0.25, 0.3) is 22.2 Å². The van der Waals surface area contributed by atoms with E-state index in [1.165, 1.54) is 6.20 Å². The molecule has 0 radical (unpaired) electrons. The number of ether oxygens (including phenoxy) is 2. The molecule has 9 heteroatoms. The van der Waals surface area contributed by atoms with Gasteiger partial charge < -0.3 is 19.8 Å². The molecule has 162 valence electrons. The molecular formula is C22H23N3O6. The zero-order valence-corrected chi connectivity index (χ0v) is 17.1. The maximum atomic E-state index is 12.3. The third-order valence-corrected chi connectivity index (χ3v) is 5.22. The first-order valence-electron chi connectivity index (χ1n) is 10.0. The van der Waals surface area contributed by atoms with Gasteiger partial charge in [0.1, 0.15) is 5.75 Å². The van der Waals surface area contributed by atoms with Crippen molar-refractivity contribution in [2.24, 2.45) is 0 Å². The van der Waals surface area contributed by atoms with Crippen LogP contribution in [0.5, 0.6) is 5.75 Å². The molecule has 9 nitrogen and oxygen atoms in total. The Hall–Kier alpha value is -3.43. The summed E-state index contributed by atoms with van der Waals surface area (Å²) in [5, 5.41) is 20.9. The van der Waals surface area contributed by atoms with Crippen molar-refractivity contribution >= 4 is 17.0 Å². The van der Waals surface area contributed by atoms with Crippen LogP contribution in [0.2, 0.25) is 0 Å². The summed E-state index contributed by atoms with van der Waals surface area (Å²) in [7, 11) is 0. The van der Waals surface area contributed by atoms with E-state index in [4.69, 9.17) is 9.47 Å². The fourth-order valence-corrected chi connectivity index (χ4v) is 3.65. The van der Waals surface area contributed by atoms with Crippen molar-refractivity contribution < 1.29 is 24.6 Å². The molecule has 3 heterocycles. The number of carbonyl (C=O) groups excluding carboxylic acids is 1. The summed E-state index contributed by atoms with van der Waals surface area (Å²) in [6.45, 7) is 5.58. The van der Waals surface area contributed by atoms with Crippen LogP contribution < -0.4 is 5.56 Å². The number of aromatic hydroxyl groups is 1. The third-order valence-electron chi connectivity index (χ3n) is 5.22. The first kappa shape index (κ1) is 20.8. The van der Waals surface area contributed by atoms with Gasteiger partial charge in [0.05, 0.1) is 25.2 Å². The van der Waals surface area contributed by atoms with E-state index in [1.54, 1.807) is 13.0 Å². The van der Waals surface area contributed by atoms with E-state index >= 15 is 0 Å². The van der Waals surface area contributed by atoms with Gasteiger partial charge in [0.2, 0.25) is 0 Å². The van der Waals surface area contributed by atoms with Gasteiger partial charge in [0.25, 0.3) is 0 Å². The number of rotatable bonds is 5. The minimum atomic E-state index is -1.09. The Morgan fingerprint density at radius 2 is 2.00 bits per heavy atom. The molecule has 1 aliphatic rings. The monoisotopic (exact) mass is 425 g/mol. The number of hydrogen-bond acceptors (Lipinski definition) is 8. The molecule has 1 aromatic carbocycles. The predicted octanol–water partition coefficient (Wildman–Crippen LogP) is 2.02. The normalized spacial score (nSPS) is 14.6. The van der Waals surface area contributed by atoms with Gasteiger partial charge in [-0.05, 0) is 30.2 Å². The number of hydrogen-bond donors (Lipinski definition) is 2. The zero-order chi connectivity index (χ0) is 22.0. The number of pyridine rings is 2. The highest BCUT2D eigenvalue weighted by Crippen LogP contribution is 2.30. The molecule has 4 rings (SSSR count). The van der Waals surface area contributed by atoms with Crippen LogP contribution in [-0.2, 0) is 16.0 Å². The molecule has 2 N–H and O–H groups in total. The Morgan fingerprint density at radius 3 is 2.74 bits per heavy atom. The molecule has 0 bridgehead atoms. The summed E-state index contributed by atoms with van der Waals surface area (Å²) in [6, 6.07) is 9.49. The Bertz CT molecular complexity index is 1180. The number of benzene rings is 1. The molecule has 0 spiro atoms. The number of esters is 1. The Morgan fingerprint density at radius 1 is 1.23 bits per heavy atom. The lowest BCUT2D eigenvalue weighted by atomic mass is 10.0. The molecule has 31 heavy (non-hydrogen) atoms. The molecule has 0 aliphatic carbocycles. The number of aromatic nitrogens is 2. The first-order chi connectivity index (χ1) is 15.0. The molecule has 0 amide bonds. The van der Waals surface area contributed by atoms with Gasteiger partial charge in [-0.2, -0.15) is 0 Å². The molecule has 1 saturated heterocycles. The molecule has 3 aromatic rings.